The highest BCUT2D eigenvalue weighted by Gasteiger charge is 2.07. The van der Waals surface area contributed by atoms with Crippen LogP contribution < -0.4 is 20.7 Å². The zero-order valence-corrected chi connectivity index (χ0v) is 13.5. The maximum Gasteiger partial charge on any atom is 0.0950 e. The molecule has 1 unspecified atom stereocenters. The van der Waals surface area contributed by atoms with E-state index in [4.69, 9.17) is 5.26 Å². The predicted octanol–water partition coefficient (Wildman–Crippen LogP) is 1.64. The number of hydrogen-bond donors (Lipinski definition) is 1. The summed E-state index contributed by atoms with van der Waals surface area (Å²) < 4.78 is 0. The molecule has 0 saturated heterocycles. The maximum atomic E-state index is 9.09. The van der Waals surface area contributed by atoms with E-state index in [1.807, 2.05) is 26.1 Å². The molecule has 0 amide bonds. The molecule has 21 heavy (non-hydrogen) atoms. The number of nitrogens with one attached hydrogen (secondary N) is 1. The van der Waals surface area contributed by atoms with E-state index in [9.17, 15) is 0 Å². The maximum absolute atomic E-state index is 9.09. The fraction of sp³-hybridized carbons (Fsp3) is 0.389. The first kappa shape index (κ1) is 17.0. The molecular formula is C18H25N3. The Bertz CT molecular complexity index is 637. The molecule has 1 atom stereocenters. The Balaban J connectivity index is 3.19. The van der Waals surface area contributed by atoms with Crippen molar-refractivity contribution in [2.75, 3.05) is 32.1 Å². The van der Waals surface area contributed by atoms with Crippen LogP contribution in [0.5, 0.6) is 0 Å². The Hall–Kier alpha value is -2.05. The van der Waals surface area contributed by atoms with Crippen molar-refractivity contribution in [3.63, 3.8) is 0 Å². The number of allylic oxidation sites excluding steroid dienone is 1. The lowest BCUT2D eigenvalue weighted by molar-refractivity contribution is 0.542. The van der Waals surface area contributed by atoms with Crippen LogP contribution in [0.15, 0.2) is 30.9 Å². The van der Waals surface area contributed by atoms with Crippen LogP contribution in [0, 0.1) is 17.2 Å². The van der Waals surface area contributed by atoms with Crippen molar-refractivity contribution in [3.05, 3.63) is 41.3 Å². The first-order valence-corrected chi connectivity index (χ1v) is 7.23. The molecule has 0 saturated carbocycles. The number of nitrogens with zero attached hydrogens (tertiary/aromatic N) is 2. The lowest BCUT2D eigenvalue weighted by atomic mass is 10.1. The molecule has 0 radical (unpaired) electrons. The van der Waals surface area contributed by atoms with E-state index in [-0.39, 0.29) is 0 Å². The van der Waals surface area contributed by atoms with Crippen LogP contribution in [0.2, 0.25) is 0 Å². The van der Waals surface area contributed by atoms with Gasteiger partial charge in [0.15, 0.2) is 0 Å². The molecule has 1 aromatic rings. The summed E-state index contributed by atoms with van der Waals surface area (Å²) in [5, 5.41) is 14.3. The number of benzene rings is 1. The first-order chi connectivity index (χ1) is 10.0. The summed E-state index contributed by atoms with van der Waals surface area (Å²) in [6.07, 6.45) is 3.71. The van der Waals surface area contributed by atoms with Gasteiger partial charge in [0, 0.05) is 24.9 Å². The summed E-state index contributed by atoms with van der Waals surface area (Å²) in [6.45, 7) is 9.81. The molecule has 0 aromatic heterocycles. The molecule has 0 aliphatic heterocycles. The van der Waals surface area contributed by atoms with Gasteiger partial charge in [-0.2, -0.15) is 5.26 Å². The summed E-state index contributed by atoms with van der Waals surface area (Å²) in [4.78, 5) is 2.24. The molecule has 1 aromatic carbocycles. The normalized spacial score (nSPS) is 14.3. The van der Waals surface area contributed by atoms with Crippen molar-refractivity contribution in [2.24, 2.45) is 5.92 Å². The number of nitriles is 1. The average Bonchev–Trinajstić information content (AvgIpc) is 2.47. The Kier molecular flexibility index (Phi) is 6.71. The zero-order valence-electron chi connectivity index (χ0n) is 13.5. The fourth-order valence-electron chi connectivity index (χ4n) is 2.44. The molecule has 0 aliphatic rings. The van der Waals surface area contributed by atoms with Gasteiger partial charge in [0.05, 0.1) is 6.07 Å². The third-order valence-corrected chi connectivity index (χ3v) is 3.48. The SMILES string of the molecule is C=C/C=c1/cc(N(C)CC(C)CNC)cc/c1=C(/C)C#N. The zero-order chi connectivity index (χ0) is 15.8. The van der Waals surface area contributed by atoms with Crippen molar-refractivity contribution in [1.29, 1.82) is 5.26 Å². The summed E-state index contributed by atoms with van der Waals surface area (Å²) in [5.41, 5.74) is 1.88. The van der Waals surface area contributed by atoms with Crippen LogP contribution in [0.1, 0.15) is 13.8 Å². The summed E-state index contributed by atoms with van der Waals surface area (Å²) in [7, 11) is 4.07. The van der Waals surface area contributed by atoms with Gasteiger partial charge < -0.3 is 10.2 Å². The predicted molar refractivity (Wildman–Crippen MR) is 91.4 cm³/mol. The summed E-state index contributed by atoms with van der Waals surface area (Å²) in [6, 6.07) is 8.42. The van der Waals surface area contributed by atoms with Crippen molar-refractivity contribution in [1.82, 2.24) is 5.32 Å². The Morgan fingerprint density at radius 2 is 2.24 bits per heavy atom. The van der Waals surface area contributed by atoms with Crippen molar-refractivity contribution >= 4 is 17.3 Å². The molecule has 0 heterocycles. The third kappa shape index (κ3) is 4.77. The van der Waals surface area contributed by atoms with Gasteiger partial charge in [0.1, 0.15) is 0 Å². The summed E-state index contributed by atoms with van der Waals surface area (Å²) in [5.74, 6) is 0.568. The van der Waals surface area contributed by atoms with Crippen molar-refractivity contribution < 1.29 is 0 Å². The quantitative estimate of drug-likeness (QED) is 0.862. The molecule has 3 heteroatoms. The minimum Gasteiger partial charge on any atom is -0.374 e. The fourth-order valence-corrected chi connectivity index (χ4v) is 2.44. The molecule has 0 spiro atoms. The highest BCUT2D eigenvalue weighted by Crippen LogP contribution is 2.10. The third-order valence-electron chi connectivity index (χ3n) is 3.48. The van der Waals surface area contributed by atoms with Crippen LogP contribution in [0.4, 0.5) is 5.69 Å². The van der Waals surface area contributed by atoms with Gasteiger partial charge in [0.25, 0.3) is 0 Å². The van der Waals surface area contributed by atoms with Gasteiger partial charge in [0.2, 0.25) is 0 Å². The van der Waals surface area contributed by atoms with Gasteiger partial charge in [-0.3, -0.25) is 0 Å². The Labute approximate surface area is 127 Å². The van der Waals surface area contributed by atoms with Crippen LogP contribution in [-0.4, -0.2) is 27.2 Å². The topological polar surface area (TPSA) is 39.1 Å². The molecule has 3 nitrogen and oxygen atoms in total. The van der Waals surface area contributed by atoms with E-state index in [0.717, 1.165) is 34.8 Å². The number of hydrogen-bond acceptors (Lipinski definition) is 3. The van der Waals surface area contributed by atoms with Gasteiger partial charge in [-0.05, 0) is 49.0 Å². The van der Waals surface area contributed by atoms with Gasteiger partial charge in [-0.1, -0.05) is 31.7 Å². The largest absolute Gasteiger partial charge is 0.374 e. The molecule has 1 N–H and O–H groups in total. The first-order valence-electron chi connectivity index (χ1n) is 7.23. The lowest BCUT2D eigenvalue weighted by Crippen LogP contribution is -2.32. The molecule has 0 fully saturated rings. The highest BCUT2D eigenvalue weighted by molar-refractivity contribution is 5.60. The smallest absolute Gasteiger partial charge is 0.0950 e. The monoisotopic (exact) mass is 283 g/mol. The molecule has 0 aliphatic carbocycles. The highest BCUT2D eigenvalue weighted by atomic mass is 15.1. The summed E-state index contributed by atoms with van der Waals surface area (Å²) >= 11 is 0. The molecule has 1 rings (SSSR count). The van der Waals surface area contributed by atoms with E-state index in [1.54, 1.807) is 6.08 Å². The van der Waals surface area contributed by atoms with Crippen LogP contribution in [-0.2, 0) is 0 Å². The van der Waals surface area contributed by atoms with Crippen LogP contribution in [0.25, 0.3) is 11.6 Å². The van der Waals surface area contributed by atoms with E-state index in [2.05, 4.69) is 49.0 Å². The van der Waals surface area contributed by atoms with Crippen LogP contribution in [0.3, 0.4) is 0 Å². The second-order valence-electron chi connectivity index (χ2n) is 5.45. The van der Waals surface area contributed by atoms with Gasteiger partial charge >= 0.3 is 0 Å². The van der Waals surface area contributed by atoms with Crippen molar-refractivity contribution in [2.45, 2.75) is 13.8 Å². The standard InChI is InChI=1S/C18H25N3/c1-6-7-16-10-17(8-9-18(16)15(3)11-19)21(5)13-14(2)12-20-4/h6-10,14,20H,1,12-13H2,2-5H3/b16-7-,18-15+. The number of rotatable bonds is 6. The molecule has 112 valence electrons. The minimum atomic E-state index is 0.568. The van der Waals surface area contributed by atoms with E-state index in [0.29, 0.717) is 5.92 Å². The second-order valence-corrected chi connectivity index (χ2v) is 5.45. The van der Waals surface area contributed by atoms with E-state index < -0.39 is 0 Å². The molecular weight excluding hydrogens is 258 g/mol. The molecule has 0 bridgehead atoms. The van der Waals surface area contributed by atoms with E-state index >= 15 is 0 Å². The van der Waals surface area contributed by atoms with Gasteiger partial charge in [-0.25, -0.2) is 0 Å². The minimum absolute atomic E-state index is 0.568. The van der Waals surface area contributed by atoms with E-state index in [1.165, 1.54) is 0 Å². The number of anilines is 1. The van der Waals surface area contributed by atoms with Crippen LogP contribution >= 0.6 is 0 Å². The van der Waals surface area contributed by atoms with Gasteiger partial charge in [-0.15, -0.1) is 0 Å². The Morgan fingerprint density at radius 1 is 1.52 bits per heavy atom. The van der Waals surface area contributed by atoms with Crippen molar-refractivity contribution in [3.8, 4) is 6.07 Å². The average molecular weight is 283 g/mol. The Morgan fingerprint density at radius 3 is 2.81 bits per heavy atom. The second kappa shape index (κ2) is 8.28. The lowest BCUT2D eigenvalue weighted by Gasteiger charge is -2.23.